The summed E-state index contributed by atoms with van der Waals surface area (Å²) in [6, 6.07) is 7.09. The quantitative estimate of drug-likeness (QED) is 0.806. The molecule has 1 unspecified atom stereocenters. The molecule has 124 valence electrons. The summed E-state index contributed by atoms with van der Waals surface area (Å²) in [5, 5.41) is 12.5. The molecule has 1 aromatic carbocycles. The predicted molar refractivity (Wildman–Crippen MR) is 89.1 cm³/mol. The van der Waals surface area contributed by atoms with Crippen molar-refractivity contribution in [2.24, 2.45) is 5.92 Å². The Balaban J connectivity index is 2.02. The van der Waals surface area contributed by atoms with Crippen LogP contribution in [-0.4, -0.2) is 33.2 Å². The van der Waals surface area contributed by atoms with E-state index in [-0.39, 0.29) is 43.0 Å². The highest BCUT2D eigenvalue weighted by Crippen LogP contribution is 2.07. The van der Waals surface area contributed by atoms with Crippen LogP contribution in [0.4, 0.5) is 0 Å². The molecule has 2 aromatic rings. The molecule has 6 heteroatoms. The molecule has 23 heavy (non-hydrogen) atoms. The van der Waals surface area contributed by atoms with Gasteiger partial charge in [-0.05, 0) is 24.5 Å². The number of aryl methyl sites for hydroxylation is 1. The van der Waals surface area contributed by atoms with Crippen LogP contribution in [-0.2, 0) is 11.3 Å². The minimum atomic E-state index is -0.140. The number of amides is 1. The highest BCUT2D eigenvalue weighted by atomic mass is 16.3. The average Bonchev–Trinajstić information content (AvgIpc) is 2.54. The Morgan fingerprint density at radius 3 is 2.78 bits per heavy atom. The molecule has 0 aliphatic heterocycles. The van der Waals surface area contributed by atoms with Crippen molar-refractivity contribution in [3.05, 3.63) is 40.9 Å². The van der Waals surface area contributed by atoms with Gasteiger partial charge in [0, 0.05) is 25.6 Å². The van der Waals surface area contributed by atoms with Gasteiger partial charge in [-0.2, -0.15) is 0 Å². The molecule has 1 atom stereocenters. The highest BCUT2D eigenvalue weighted by molar-refractivity contribution is 5.77. The number of nitrogens with zero attached hydrogens (tertiary/aromatic N) is 2. The number of carbonyl (C=O) groups is 1. The van der Waals surface area contributed by atoms with Gasteiger partial charge >= 0.3 is 0 Å². The molecule has 6 nitrogen and oxygen atoms in total. The van der Waals surface area contributed by atoms with Crippen molar-refractivity contribution in [2.75, 3.05) is 6.61 Å². The van der Waals surface area contributed by atoms with Crippen molar-refractivity contribution < 1.29 is 9.90 Å². The SMILES string of the molecule is CC(C)C(CCO)NC(=O)CCn1cnc2ccccc2c1=O. The van der Waals surface area contributed by atoms with Crippen molar-refractivity contribution in [1.82, 2.24) is 14.9 Å². The fourth-order valence-electron chi connectivity index (χ4n) is 2.48. The van der Waals surface area contributed by atoms with E-state index in [0.717, 1.165) is 0 Å². The zero-order chi connectivity index (χ0) is 16.8. The zero-order valence-corrected chi connectivity index (χ0v) is 13.5. The Labute approximate surface area is 135 Å². The second-order valence-electron chi connectivity index (χ2n) is 5.94. The van der Waals surface area contributed by atoms with Crippen molar-refractivity contribution in [3.8, 4) is 0 Å². The third-order valence-electron chi connectivity index (χ3n) is 3.90. The lowest BCUT2D eigenvalue weighted by atomic mass is 10.0. The highest BCUT2D eigenvalue weighted by Gasteiger charge is 2.15. The Kier molecular flexibility index (Phi) is 5.87. The van der Waals surface area contributed by atoms with Gasteiger partial charge in [0.25, 0.3) is 5.56 Å². The third-order valence-corrected chi connectivity index (χ3v) is 3.90. The number of fused-ring (bicyclic) bond motifs is 1. The van der Waals surface area contributed by atoms with Crippen LogP contribution in [0.1, 0.15) is 26.7 Å². The predicted octanol–water partition coefficient (Wildman–Crippen LogP) is 1.31. The van der Waals surface area contributed by atoms with Crippen LogP contribution < -0.4 is 10.9 Å². The molecular weight excluding hydrogens is 294 g/mol. The van der Waals surface area contributed by atoms with Crippen LogP contribution in [0.3, 0.4) is 0 Å². The first kappa shape index (κ1) is 17.1. The lowest BCUT2D eigenvalue weighted by molar-refractivity contribution is -0.122. The standard InChI is InChI=1S/C17H23N3O3/c1-12(2)14(8-10-21)19-16(22)7-9-20-11-18-15-6-4-3-5-13(15)17(20)23/h3-6,11-12,14,21H,7-10H2,1-2H3,(H,19,22). The second kappa shape index (κ2) is 7.87. The average molecular weight is 317 g/mol. The summed E-state index contributed by atoms with van der Waals surface area (Å²) in [4.78, 5) is 28.6. The van der Waals surface area contributed by atoms with Gasteiger partial charge in [0.15, 0.2) is 0 Å². The molecule has 0 saturated carbocycles. The molecule has 1 heterocycles. The van der Waals surface area contributed by atoms with E-state index in [1.165, 1.54) is 10.9 Å². The first-order chi connectivity index (χ1) is 11.0. The number of para-hydroxylation sites is 1. The van der Waals surface area contributed by atoms with Crippen LogP contribution in [0.5, 0.6) is 0 Å². The van der Waals surface area contributed by atoms with E-state index in [2.05, 4.69) is 10.3 Å². The minimum absolute atomic E-state index is 0.0389. The van der Waals surface area contributed by atoms with Gasteiger partial charge in [-0.3, -0.25) is 14.2 Å². The number of aliphatic hydroxyl groups is 1. The normalized spacial score (nSPS) is 12.5. The number of rotatable bonds is 7. The fraction of sp³-hybridized carbons (Fsp3) is 0.471. The molecule has 1 amide bonds. The molecule has 0 radical (unpaired) electrons. The molecule has 2 rings (SSSR count). The summed E-state index contributed by atoms with van der Waals surface area (Å²) >= 11 is 0. The number of aliphatic hydroxyl groups excluding tert-OH is 1. The van der Waals surface area contributed by atoms with Crippen molar-refractivity contribution in [1.29, 1.82) is 0 Å². The van der Waals surface area contributed by atoms with Gasteiger partial charge in [-0.1, -0.05) is 26.0 Å². The number of hydrogen-bond donors (Lipinski definition) is 2. The van der Waals surface area contributed by atoms with E-state index >= 15 is 0 Å². The molecule has 1 aromatic heterocycles. The van der Waals surface area contributed by atoms with Crippen LogP contribution in [0.2, 0.25) is 0 Å². The van der Waals surface area contributed by atoms with Crippen molar-refractivity contribution >= 4 is 16.8 Å². The van der Waals surface area contributed by atoms with Gasteiger partial charge in [-0.15, -0.1) is 0 Å². The molecule has 0 aliphatic rings. The Morgan fingerprint density at radius 2 is 2.09 bits per heavy atom. The van der Waals surface area contributed by atoms with Crippen molar-refractivity contribution in [3.63, 3.8) is 0 Å². The molecule has 0 fully saturated rings. The zero-order valence-electron chi connectivity index (χ0n) is 13.5. The largest absolute Gasteiger partial charge is 0.396 e. The van der Waals surface area contributed by atoms with E-state index < -0.39 is 0 Å². The van der Waals surface area contributed by atoms with Crippen LogP contribution in [0.25, 0.3) is 10.9 Å². The lowest BCUT2D eigenvalue weighted by Crippen LogP contribution is -2.39. The van der Waals surface area contributed by atoms with E-state index in [9.17, 15) is 9.59 Å². The number of benzene rings is 1. The second-order valence-corrected chi connectivity index (χ2v) is 5.94. The summed E-state index contributed by atoms with van der Waals surface area (Å²) < 4.78 is 1.46. The van der Waals surface area contributed by atoms with Gasteiger partial charge in [-0.25, -0.2) is 4.98 Å². The Morgan fingerprint density at radius 1 is 1.35 bits per heavy atom. The van der Waals surface area contributed by atoms with Gasteiger partial charge in [0.1, 0.15) is 0 Å². The van der Waals surface area contributed by atoms with Gasteiger partial charge in [0.2, 0.25) is 5.91 Å². The van der Waals surface area contributed by atoms with Gasteiger partial charge < -0.3 is 10.4 Å². The van der Waals surface area contributed by atoms with Crippen LogP contribution >= 0.6 is 0 Å². The molecule has 2 N–H and O–H groups in total. The summed E-state index contributed by atoms with van der Waals surface area (Å²) in [7, 11) is 0. The summed E-state index contributed by atoms with van der Waals surface area (Å²) in [5.41, 5.74) is 0.514. The van der Waals surface area contributed by atoms with E-state index in [4.69, 9.17) is 5.11 Å². The van der Waals surface area contributed by atoms with E-state index in [1.54, 1.807) is 18.2 Å². The number of carbonyl (C=O) groups excluding carboxylic acids is 1. The summed E-state index contributed by atoms with van der Waals surface area (Å²) in [6.07, 6.45) is 2.21. The summed E-state index contributed by atoms with van der Waals surface area (Å²) in [5.74, 6) is 0.119. The Bertz CT molecular complexity index is 724. The molecule has 0 aliphatic carbocycles. The Hall–Kier alpha value is -2.21. The topological polar surface area (TPSA) is 84.2 Å². The van der Waals surface area contributed by atoms with E-state index in [1.807, 2.05) is 19.9 Å². The monoisotopic (exact) mass is 317 g/mol. The van der Waals surface area contributed by atoms with E-state index in [0.29, 0.717) is 17.3 Å². The van der Waals surface area contributed by atoms with Crippen molar-refractivity contribution in [2.45, 2.75) is 39.3 Å². The van der Waals surface area contributed by atoms with Gasteiger partial charge in [0.05, 0.1) is 17.2 Å². The number of hydrogen-bond acceptors (Lipinski definition) is 4. The van der Waals surface area contributed by atoms with Crippen LogP contribution in [0.15, 0.2) is 35.4 Å². The molecular formula is C17H23N3O3. The number of nitrogens with one attached hydrogen (secondary N) is 1. The number of aromatic nitrogens is 2. The minimum Gasteiger partial charge on any atom is -0.396 e. The molecule has 0 saturated heterocycles. The maximum absolute atomic E-state index is 12.3. The molecule has 0 bridgehead atoms. The lowest BCUT2D eigenvalue weighted by Gasteiger charge is -2.21. The maximum atomic E-state index is 12.3. The first-order valence-electron chi connectivity index (χ1n) is 7.87. The molecule has 0 spiro atoms. The fourth-order valence-corrected chi connectivity index (χ4v) is 2.48. The van der Waals surface area contributed by atoms with Crippen LogP contribution in [0, 0.1) is 5.92 Å². The maximum Gasteiger partial charge on any atom is 0.261 e. The first-order valence-corrected chi connectivity index (χ1v) is 7.87. The third kappa shape index (κ3) is 4.39. The summed E-state index contributed by atoms with van der Waals surface area (Å²) in [6.45, 7) is 4.32. The smallest absolute Gasteiger partial charge is 0.261 e.